The Balaban J connectivity index is 0.000000661. The van der Waals surface area contributed by atoms with Crippen LogP contribution in [-0.2, 0) is 20.8 Å². The number of nitrogens with zero attached hydrogens (tertiary/aromatic N) is 1. The molecule has 0 fully saturated rings. The summed E-state index contributed by atoms with van der Waals surface area (Å²) in [5.41, 5.74) is 0.779. The van der Waals surface area contributed by atoms with Crippen LogP contribution in [0.15, 0.2) is 48.5 Å². The van der Waals surface area contributed by atoms with Gasteiger partial charge in [0, 0.05) is 25.2 Å². The number of halogens is 1. The summed E-state index contributed by atoms with van der Waals surface area (Å²) in [6.45, 7) is 9.98. The normalized spacial score (nSPS) is 20.4. The van der Waals surface area contributed by atoms with E-state index in [0.29, 0.717) is 19.7 Å². The third kappa shape index (κ3) is 11.3. The van der Waals surface area contributed by atoms with Crippen molar-refractivity contribution in [1.82, 2.24) is 20.9 Å². The van der Waals surface area contributed by atoms with Gasteiger partial charge in [-0.2, -0.15) is 0 Å². The maximum atomic E-state index is 13.5. The zero-order valence-corrected chi connectivity index (χ0v) is 26.5. The van der Waals surface area contributed by atoms with Crippen LogP contribution >= 0.6 is 11.6 Å². The fourth-order valence-electron chi connectivity index (χ4n) is 4.68. The number of aliphatic hydroxyl groups is 1. The molecule has 3 atom stereocenters. The number of benzene rings is 2. The fourth-order valence-corrected chi connectivity index (χ4v) is 4.80. The SMILES string of the molecule is CCC(C)C1NCCOc2ccccc2CCCNC(=O)CNC(=O)C(C(C)(C)O)N(C)C1=O.Cc1ccc(Cl)cc1. The first kappa shape index (κ1) is 35.1. The van der Waals surface area contributed by atoms with Crippen LogP contribution in [0.3, 0.4) is 0 Å². The average Bonchev–Trinajstić information content (AvgIpc) is 2.95. The molecule has 0 aromatic heterocycles. The third-order valence-electron chi connectivity index (χ3n) is 7.21. The van der Waals surface area contributed by atoms with E-state index in [9.17, 15) is 19.5 Å². The highest BCUT2D eigenvalue weighted by Gasteiger charge is 2.41. The summed E-state index contributed by atoms with van der Waals surface area (Å²) >= 11 is 5.61. The summed E-state index contributed by atoms with van der Waals surface area (Å²) < 4.78 is 5.99. The highest BCUT2D eigenvalue weighted by atomic mass is 35.5. The van der Waals surface area contributed by atoms with Crippen molar-refractivity contribution in [3.8, 4) is 5.75 Å². The molecular formula is C32H47ClN4O5. The number of aryl methyl sites for hydroxylation is 2. The van der Waals surface area contributed by atoms with E-state index in [-0.39, 0.29) is 24.3 Å². The van der Waals surface area contributed by atoms with Crippen molar-refractivity contribution in [2.75, 3.05) is 33.3 Å². The van der Waals surface area contributed by atoms with Crippen molar-refractivity contribution < 1.29 is 24.2 Å². The standard InChI is InChI=1S/C25H40N4O5.C7H7Cl/c1-6-17(2)21-24(32)29(5)22(25(3,4)33)23(31)28-16-20(30)26-13-9-11-18-10-7-8-12-19(18)34-15-14-27-21;1-6-2-4-7(8)5-3-6/h7-8,10,12,17,21-22,27,33H,6,9,11,13-16H2,1-5H3,(H,26,30)(H,28,31);2-5H,1H3. The van der Waals surface area contributed by atoms with Crippen LogP contribution in [0, 0.1) is 12.8 Å². The van der Waals surface area contributed by atoms with E-state index >= 15 is 0 Å². The minimum absolute atomic E-state index is 0.0101. The Morgan fingerprint density at radius 3 is 2.36 bits per heavy atom. The first-order valence-corrected chi connectivity index (χ1v) is 14.9. The Kier molecular flexibility index (Phi) is 14.3. The van der Waals surface area contributed by atoms with Crippen LogP contribution in [0.2, 0.25) is 5.02 Å². The molecule has 0 radical (unpaired) electrons. The average molecular weight is 603 g/mol. The van der Waals surface area contributed by atoms with E-state index < -0.39 is 23.6 Å². The number of hydrogen-bond acceptors (Lipinski definition) is 6. The highest BCUT2D eigenvalue weighted by molar-refractivity contribution is 6.30. The maximum Gasteiger partial charge on any atom is 0.246 e. The quantitative estimate of drug-likeness (QED) is 0.427. The molecule has 0 aliphatic carbocycles. The van der Waals surface area contributed by atoms with Gasteiger partial charge in [-0.3, -0.25) is 14.4 Å². The number of para-hydroxylation sites is 1. The number of carbonyl (C=O) groups excluding carboxylic acids is 3. The van der Waals surface area contributed by atoms with Gasteiger partial charge in [0.2, 0.25) is 17.7 Å². The fraction of sp³-hybridized carbons (Fsp3) is 0.531. The number of hydrogen-bond donors (Lipinski definition) is 4. The van der Waals surface area contributed by atoms with Gasteiger partial charge in [-0.25, -0.2) is 0 Å². The van der Waals surface area contributed by atoms with Gasteiger partial charge in [-0.05, 0) is 63.3 Å². The lowest BCUT2D eigenvalue weighted by Gasteiger charge is -2.38. The van der Waals surface area contributed by atoms with Crippen molar-refractivity contribution >= 4 is 29.3 Å². The molecule has 3 amide bonds. The monoisotopic (exact) mass is 602 g/mol. The highest BCUT2D eigenvalue weighted by Crippen LogP contribution is 2.21. The Hall–Kier alpha value is -3.14. The van der Waals surface area contributed by atoms with Gasteiger partial charge in [0.15, 0.2) is 0 Å². The molecule has 4 N–H and O–H groups in total. The molecular weight excluding hydrogens is 556 g/mol. The predicted molar refractivity (Wildman–Crippen MR) is 167 cm³/mol. The Morgan fingerprint density at radius 2 is 1.74 bits per heavy atom. The molecule has 1 heterocycles. The summed E-state index contributed by atoms with van der Waals surface area (Å²) in [6.07, 6.45) is 2.20. The minimum atomic E-state index is -1.52. The van der Waals surface area contributed by atoms with E-state index in [0.717, 1.165) is 35.6 Å². The molecule has 0 saturated heterocycles. The molecule has 0 saturated carbocycles. The molecule has 10 heteroatoms. The molecule has 2 aromatic rings. The summed E-state index contributed by atoms with van der Waals surface area (Å²) in [7, 11) is 1.51. The molecule has 1 aliphatic heterocycles. The van der Waals surface area contributed by atoms with E-state index in [2.05, 4.69) is 16.0 Å². The largest absolute Gasteiger partial charge is 0.492 e. The number of fused-ring (bicyclic) bond motifs is 1. The first-order chi connectivity index (χ1) is 19.8. The molecule has 9 nitrogen and oxygen atoms in total. The second kappa shape index (κ2) is 17.1. The number of carbonyl (C=O) groups is 3. The number of amides is 3. The number of likely N-dealkylation sites (N-methyl/N-ethyl adjacent to an activating group) is 1. The lowest BCUT2D eigenvalue weighted by atomic mass is 9.93. The molecule has 232 valence electrons. The second-order valence-electron chi connectivity index (χ2n) is 11.2. The van der Waals surface area contributed by atoms with Crippen LogP contribution in [0.1, 0.15) is 51.7 Å². The zero-order chi connectivity index (χ0) is 31.3. The topological polar surface area (TPSA) is 120 Å². The van der Waals surface area contributed by atoms with Crippen LogP contribution < -0.4 is 20.7 Å². The van der Waals surface area contributed by atoms with Crippen molar-refractivity contribution in [2.45, 2.75) is 71.6 Å². The van der Waals surface area contributed by atoms with Gasteiger partial charge in [0.1, 0.15) is 18.4 Å². The van der Waals surface area contributed by atoms with Crippen LogP contribution in [0.4, 0.5) is 0 Å². The van der Waals surface area contributed by atoms with Crippen molar-refractivity contribution in [2.24, 2.45) is 5.92 Å². The van der Waals surface area contributed by atoms with Gasteiger partial charge in [-0.1, -0.05) is 67.8 Å². The molecule has 3 rings (SSSR count). The Labute approximate surface area is 255 Å². The Morgan fingerprint density at radius 1 is 1.07 bits per heavy atom. The lowest BCUT2D eigenvalue weighted by Crippen LogP contribution is -2.62. The van der Waals surface area contributed by atoms with Crippen molar-refractivity contribution in [1.29, 1.82) is 0 Å². The van der Waals surface area contributed by atoms with E-state index in [4.69, 9.17) is 16.3 Å². The molecule has 0 bridgehead atoms. The summed E-state index contributed by atoms with van der Waals surface area (Å²) in [4.78, 5) is 39.9. The summed E-state index contributed by atoms with van der Waals surface area (Å²) in [5.74, 6) is -0.442. The van der Waals surface area contributed by atoms with Crippen molar-refractivity contribution in [3.05, 3.63) is 64.7 Å². The summed E-state index contributed by atoms with van der Waals surface area (Å²) in [6, 6.07) is 13.8. The molecule has 2 aromatic carbocycles. The third-order valence-corrected chi connectivity index (χ3v) is 7.46. The van der Waals surface area contributed by atoms with Crippen LogP contribution in [-0.4, -0.2) is 78.7 Å². The molecule has 42 heavy (non-hydrogen) atoms. The predicted octanol–water partition coefficient (Wildman–Crippen LogP) is 3.49. The lowest BCUT2D eigenvalue weighted by molar-refractivity contribution is -0.150. The minimum Gasteiger partial charge on any atom is -0.492 e. The van der Waals surface area contributed by atoms with Gasteiger partial charge in [0.05, 0.1) is 18.2 Å². The second-order valence-corrected chi connectivity index (χ2v) is 11.7. The van der Waals surface area contributed by atoms with Gasteiger partial charge in [-0.15, -0.1) is 0 Å². The van der Waals surface area contributed by atoms with Gasteiger partial charge in [0.25, 0.3) is 0 Å². The smallest absolute Gasteiger partial charge is 0.246 e. The van der Waals surface area contributed by atoms with E-state index in [1.54, 1.807) is 0 Å². The maximum absolute atomic E-state index is 13.5. The summed E-state index contributed by atoms with van der Waals surface area (Å²) in [5, 5.41) is 20.2. The van der Waals surface area contributed by atoms with Gasteiger partial charge < -0.3 is 30.7 Å². The molecule has 1 aliphatic rings. The van der Waals surface area contributed by atoms with Crippen LogP contribution in [0.5, 0.6) is 5.75 Å². The van der Waals surface area contributed by atoms with Crippen molar-refractivity contribution in [3.63, 3.8) is 0 Å². The van der Waals surface area contributed by atoms with E-state index in [1.807, 2.05) is 69.3 Å². The first-order valence-electron chi connectivity index (χ1n) is 14.5. The van der Waals surface area contributed by atoms with Crippen LogP contribution in [0.25, 0.3) is 0 Å². The number of rotatable bonds is 3. The number of ether oxygens (including phenoxy) is 1. The van der Waals surface area contributed by atoms with E-state index in [1.165, 1.54) is 31.4 Å². The zero-order valence-electron chi connectivity index (χ0n) is 25.7. The Bertz CT molecular complexity index is 1130. The number of nitrogens with one attached hydrogen (secondary N) is 3. The molecule has 0 spiro atoms. The molecule has 3 unspecified atom stereocenters. The van der Waals surface area contributed by atoms with Gasteiger partial charge >= 0.3 is 0 Å².